The van der Waals surface area contributed by atoms with Gasteiger partial charge in [0.25, 0.3) is 0 Å². The zero-order chi connectivity index (χ0) is 21.4. The van der Waals surface area contributed by atoms with E-state index in [4.69, 9.17) is 4.74 Å². The topological polar surface area (TPSA) is 75.7 Å². The highest BCUT2D eigenvalue weighted by Gasteiger charge is 2.26. The third-order valence-electron chi connectivity index (χ3n) is 5.48. The Balaban J connectivity index is 1.49. The van der Waals surface area contributed by atoms with Crippen LogP contribution >= 0.6 is 0 Å². The second-order valence-electron chi connectivity index (χ2n) is 7.48. The van der Waals surface area contributed by atoms with Gasteiger partial charge in [-0.15, -0.1) is 0 Å². The van der Waals surface area contributed by atoms with E-state index in [0.717, 1.165) is 12.0 Å². The van der Waals surface area contributed by atoms with Gasteiger partial charge in [-0.25, -0.2) is 8.42 Å². The molecule has 2 aromatic carbocycles. The van der Waals surface area contributed by atoms with Crippen molar-refractivity contribution in [3.05, 3.63) is 65.7 Å². The molecule has 30 heavy (non-hydrogen) atoms. The van der Waals surface area contributed by atoms with Crippen molar-refractivity contribution in [1.82, 2.24) is 9.62 Å². The predicted molar refractivity (Wildman–Crippen MR) is 117 cm³/mol. The minimum absolute atomic E-state index is 0.00870. The Morgan fingerprint density at radius 1 is 1.07 bits per heavy atom. The Labute approximate surface area is 179 Å². The fourth-order valence-corrected chi connectivity index (χ4v) is 4.98. The van der Waals surface area contributed by atoms with Crippen molar-refractivity contribution < 1.29 is 17.9 Å². The van der Waals surface area contributed by atoms with E-state index in [-0.39, 0.29) is 10.8 Å². The number of hydrogen-bond acceptors (Lipinski definition) is 4. The molecule has 1 saturated heterocycles. The zero-order valence-corrected chi connectivity index (χ0v) is 18.2. The third kappa shape index (κ3) is 5.90. The van der Waals surface area contributed by atoms with E-state index in [1.54, 1.807) is 24.3 Å². The molecule has 0 spiro atoms. The lowest BCUT2D eigenvalue weighted by atomic mass is 9.96. The van der Waals surface area contributed by atoms with Crippen LogP contribution in [0.5, 0.6) is 0 Å². The van der Waals surface area contributed by atoms with Crippen molar-refractivity contribution in [3.63, 3.8) is 0 Å². The molecule has 0 saturated carbocycles. The quantitative estimate of drug-likeness (QED) is 0.664. The van der Waals surface area contributed by atoms with E-state index in [9.17, 15) is 13.2 Å². The standard InChI is InChI=1S/C23H30N2O4S/c1-2-20(21-6-4-3-5-7-21)18-24-23(26)13-10-19-8-11-22(12-9-19)30(27,28)25-14-16-29-17-15-25/h3-9,11-12,20H,2,10,13-18H2,1H3,(H,24,26)/t20-/m1/s1. The highest BCUT2D eigenvalue weighted by molar-refractivity contribution is 7.89. The lowest BCUT2D eigenvalue weighted by Crippen LogP contribution is -2.40. The minimum atomic E-state index is -3.48. The molecule has 6 nitrogen and oxygen atoms in total. The van der Waals surface area contributed by atoms with Gasteiger partial charge in [-0.05, 0) is 36.1 Å². The van der Waals surface area contributed by atoms with Gasteiger partial charge in [0.05, 0.1) is 18.1 Å². The molecule has 1 N–H and O–H groups in total. The molecule has 0 bridgehead atoms. The molecule has 7 heteroatoms. The fourth-order valence-electron chi connectivity index (χ4n) is 3.57. The van der Waals surface area contributed by atoms with E-state index in [0.29, 0.717) is 51.6 Å². The number of carbonyl (C=O) groups excluding carboxylic acids is 1. The van der Waals surface area contributed by atoms with E-state index in [2.05, 4.69) is 24.4 Å². The first-order chi connectivity index (χ1) is 14.5. The molecular formula is C23H30N2O4S. The lowest BCUT2D eigenvalue weighted by molar-refractivity contribution is -0.121. The van der Waals surface area contributed by atoms with Gasteiger partial charge in [0, 0.05) is 32.0 Å². The highest BCUT2D eigenvalue weighted by Crippen LogP contribution is 2.19. The Morgan fingerprint density at radius 3 is 2.37 bits per heavy atom. The first-order valence-electron chi connectivity index (χ1n) is 10.5. The van der Waals surface area contributed by atoms with Crippen molar-refractivity contribution in [2.24, 2.45) is 0 Å². The molecule has 2 aromatic rings. The summed E-state index contributed by atoms with van der Waals surface area (Å²) in [6.45, 7) is 4.36. The lowest BCUT2D eigenvalue weighted by Gasteiger charge is -2.26. The normalized spacial score (nSPS) is 16.2. The Morgan fingerprint density at radius 2 is 1.73 bits per heavy atom. The molecule has 1 aliphatic rings. The summed E-state index contributed by atoms with van der Waals surface area (Å²) in [5.74, 6) is 0.314. The average molecular weight is 431 g/mol. The van der Waals surface area contributed by atoms with Gasteiger partial charge in [0.15, 0.2) is 0 Å². The maximum Gasteiger partial charge on any atom is 0.243 e. The zero-order valence-electron chi connectivity index (χ0n) is 17.4. The van der Waals surface area contributed by atoms with Crippen molar-refractivity contribution in [3.8, 4) is 0 Å². The second-order valence-corrected chi connectivity index (χ2v) is 9.42. The Hall–Kier alpha value is -2.22. The smallest absolute Gasteiger partial charge is 0.243 e. The maximum absolute atomic E-state index is 12.7. The van der Waals surface area contributed by atoms with E-state index >= 15 is 0 Å². The number of nitrogens with zero attached hydrogens (tertiary/aromatic N) is 1. The second kappa shape index (κ2) is 10.7. The number of nitrogens with one attached hydrogen (secondary N) is 1. The van der Waals surface area contributed by atoms with Gasteiger partial charge in [-0.2, -0.15) is 4.31 Å². The van der Waals surface area contributed by atoms with Crippen molar-refractivity contribution in [1.29, 1.82) is 0 Å². The molecule has 1 amide bonds. The van der Waals surface area contributed by atoms with Crippen LogP contribution in [0.3, 0.4) is 0 Å². The maximum atomic E-state index is 12.7. The number of sulfonamides is 1. The van der Waals surface area contributed by atoms with Crippen LogP contribution < -0.4 is 5.32 Å². The molecule has 0 unspecified atom stereocenters. The van der Waals surface area contributed by atoms with Crippen LogP contribution in [-0.2, 0) is 26.0 Å². The van der Waals surface area contributed by atoms with Gasteiger partial charge in [0.2, 0.25) is 15.9 Å². The van der Waals surface area contributed by atoms with Gasteiger partial charge in [-0.3, -0.25) is 4.79 Å². The van der Waals surface area contributed by atoms with Crippen LogP contribution in [0, 0.1) is 0 Å². The van der Waals surface area contributed by atoms with E-state index in [1.807, 2.05) is 18.2 Å². The monoisotopic (exact) mass is 430 g/mol. The molecule has 1 fully saturated rings. The number of aryl methyl sites for hydroxylation is 1. The van der Waals surface area contributed by atoms with Crippen molar-refractivity contribution in [2.75, 3.05) is 32.8 Å². The Bertz CT molecular complexity index is 908. The van der Waals surface area contributed by atoms with Gasteiger partial charge in [0.1, 0.15) is 0 Å². The molecule has 162 valence electrons. The molecule has 1 aliphatic heterocycles. The first-order valence-corrected chi connectivity index (χ1v) is 11.9. The minimum Gasteiger partial charge on any atom is -0.379 e. The summed E-state index contributed by atoms with van der Waals surface area (Å²) >= 11 is 0. The van der Waals surface area contributed by atoms with Gasteiger partial charge < -0.3 is 10.1 Å². The third-order valence-corrected chi connectivity index (χ3v) is 7.39. The van der Waals surface area contributed by atoms with E-state index < -0.39 is 10.0 Å². The molecule has 1 heterocycles. The van der Waals surface area contributed by atoms with Crippen molar-refractivity contribution in [2.45, 2.75) is 37.0 Å². The first kappa shape index (κ1) is 22.5. The Kier molecular flexibility index (Phi) is 8.01. The van der Waals surface area contributed by atoms with Crippen LogP contribution in [0.2, 0.25) is 0 Å². The van der Waals surface area contributed by atoms with Gasteiger partial charge in [-0.1, -0.05) is 49.4 Å². The predicted octanol–water partition coefficient (Wildman–Crippen LogP) is 2.95. The summed E-state index contributed by atoms with van der Waals surface area (Å²) in [6.07, 6.45) is 1.91. The number of ether oxygens (including phenoxy) is 1. The number of morpholine rings is 1. The summed E-state index contributed by atoms with van der Waals surface area (Å²) < 4.78 is 32.0. The number of benzene rings is 2. The van der Waals surface area contributed by atoms with Gasteiger partial charge >= 0.3 is 0 Å². The van der Waals surface area contributed by atoms with Crippen molar-refractivity contribution >= 4 is 15.9 Å². The molecule has 0 aliphatic carbocycles. The number of hydrogen-bond donors (Lipinski definition) is 1. The van der Waals surface area contributed by atoms with Crippen LogP contribution in [0.1, 0.15) is 36.8 Å². The summed E-state index contributed by atoms with van der Waals surface area (Å²) in [5.41, 5.74) is 2.18. The summed E-state index contributed by atoms with van der Waals surface area (Å²) in [4.78, 5) is 12.6. The number of amides is 1. The summed E-state index contributed by atoms with van der Waals surface area (Å²) in [6, 6.07) is 17.0. The SMILES string of the molecule is CC[C@H](CNC(=O)CCc1ccc(S(=O)(=O)N2CCOCC2)cc1)c1ccccc1. The van der Waals surface area contributed by atoms with Crippen LogP contribution in [0.15, 0.2) is 59.5 Å². The molecule has 3 rings (SSSR count). The highest BCUT2D eigenvalue weighted by atomic mass is 32.2. The summed E-state index contributed by atoms with van der Waals surface area (Å²) in [5, 5.41) is 3.03. The fraction of sp³-hybridized carbons (Fsp3) is 0.435. The molecule has 1 atom stereocenters. The van der Waals surface area contributed by atoms with Crippen LogP contribution in [0.4, 0.5) is 0 Å². The average Bonchev–Trinajstić information content (AvgIpc) is 2.79. The van der Waals surface area contributed by atoms with Crippen LogP contribution in [0.25, 0.3) is 0 Å². The largest absolute Gasteiger partial charge is 0.379 e. The molecular weight excluding hydrogens is 400 g/mol. The summed E-state index contributed by atoms with van der Waals surface area (Å²) in [7, 11) is -3.48. The van der Waals surface area contributed by atoms with E-state index in [1.165, 1.54) is 9.87 Å². The van der Waals surface area contributed by atoms with Crippen LogP contribution in [-0.4, -0.2) is 51.5 Å². The number of rotatable bonds is 9. The molecule has 0 radical (unpaired) electrons. The molecule has 0 aromatic heterocycles. The number of carbonyl (C=O) groups is 1.